The van der Waals surface area contributed by atoms with E-state index in [1.807, 2.05) is 13.8 Å². The van der Waals surface area contributed by atoms with Crippen LogP contribution in [-0.4, -0.2) is 48.6 Å². The summed E-state index contributed by atoms with van der Waals surface area (Å²) in [5, 5.41) is 15.7. The molecule has 0 radical (unpaired) electrons. The van der Waals surface area contributed by atoms with Crippen molar-refractivity contribution < 1.29 is 4.79 Å². The molecule has 2 atom stereocenters. The Morgan fingerprint density at radius 2 is 2.24 bits per heavy atom. The molecule has 2 N–H and O–H groups in total. The normalized spacial score (nSPS) is 21.9. The Bertz CT molecular complexity index is 371. The highest BCUT2D eigenvalue weighted by molar-refractivity contribution is 5.79. The zero-order valence-corrected chi connectivity index (χ0v) is 13.9. The highest BCUT2D eigenvalue weighted by Crippen LogP contribution is 2.15. The molecule has 1 amide bonds. The number of rotatable bonds is 7. The molecule has 1 aliphatic rings. The van der Waals surface area contributed by atoms with Crippen LogP contribution in [-0.2, 0) is 4.79 Å². The third kappa shape index (κ3) is 5.64. The molecule has 0 spiro atoms. The molecule has 0 aromatic rings. The molecule has 1 heterocycles. The summed E-state index contributed by atoms with van der Waals surface area (Å²) in [6.45, 7) is 10.9. The van der Waals surface area contributed by atoms with Crippen LogP contribution in [0.2, 0.25) is 0 Å². The van der Waals surface area contributed by atoms with Crippen LogP contribution >= 0.6 is 0 Å². The minimum Gasteiger partial charge on any atom is -0.337 e. The van der Waals surface area contributed by atoms with Gasteiger partial charge in [-0.05, 0) is 38.8 Å². The van der Waals surface area contributed by atoms with E-state index in [0.29, 0.717) is 12.6 Å². The molecule has 1 fully saturated rings. The first-order chi connectivity index (χ1) is 9.91. The summed E-state index contributed by atoms with van der Waals surface area (Å²) in [6, 6.07) is 2.70. The maximum atomic E-state index is 12.2. The van der Waals surface area contributed by atoms with Crippen LogP contribution in [0.25, 0.3) is 0 Å². The fraction of sp³-hybridized carbons (Fsp3) is 0.875. The molecule has 5 nitrogen and oxygen atoms in total. The molecule has 0 bridgehead atoms. The van der Waals surface area contributed by atoms with Crippen LogP contribution in [0.1, 0.15) is 47.0 Å². The summed E-state index contributed by atoms with van der Waals surface area (Å²) in [5.41, 5.74) is -0.792. The number of hydrogen-bond acceptors (Lipinski definition) is 4. The molecular formula is C16H30N4O. The average Bonchev–Trinajstić information content (AvgIpc) is 2.47. The van der Waals surface area contributed by atoms with Gasteiger partial charge in [0.25, 0.3) is 0 Å². The molecule has 0 aromatic heterocycles. The van der Waals surface area contributed by atoms with Gasteiger partial charge in [-0.25, -0.2) is 0 Å². The summed E-state index contributed by atoms with van der Waals surface area (Å²) in [6.07, 6.45) is 3.69. The number of nitriles is 1. The third-order valence-electron chi connectivity index (χ3n) is 4.49. The lowest BCUT2D eigenvalue weighted by atomic mass is 9.90. The van der Waals surface area contributed by atoms with Gasteiger partial charge in [0.15, 0.2) is 0 Å². The second kappa shape index (κ2) is 8.35. The van der Waals surface area contributed by atoms with E-state index in [1.54, 1.807) is 6.92 Å². The van der Waals surface area contributed by atoms with Gasteiger partial charge in [-0.2, -0.15) is 5.26 Å². The molecule has 120 valence electrons. The fourth-order valence-electron chi connectivity index (χ4n) is 2.53. The van der Waals surface area contributed by atoms with E-state index >= 15 is 0 Å². The standard InChI is InChI=1S/C16H30N4O/c1-5-20(10-14-8-6-7-9-18-14)11-15(21)19-16(4,12-17)13(2)3/h13-14,18H,5-11H2,1-4H3,(H,19,21). The Kier molecular flexibility index (Phi) is 7.13. The van der Waals surface area contributed by atoms with Crippen molar-refractivity contribution in [3.8, 4) is 6.07 Å². The summed E-state index contributed by atoms with van der Waals surface area (Å²) in [5.74, 6) is 0.0203. The Hall–Kier alpha value is -1.12. The van der Waals surface area contributed by atoms with Gasteiger partial charge in [0.2, 0.25) is 5.91 Å². The quantitative estimate of drug-likeness (QED) is 0.747. The lowest BCUT2D eigenvalue weighted by molar-refractivity contribution is -0.123. The Morgan fingerprint density at radius 3 is 2.71 bits per heavy atom. The molecule has 0 aromatic carbocycles. The van der Waals surface area contributed by atoms with Crippen molar-refractivity contribution in [3.05, 3.63) is 0 Å². The predicted molar refractivity (Wildman–Crippen MR) is 84.8 cm³/mol. The monoisotopic (exact) mass is 294 g/mol. The van der Waals surface area contributed by atoms with Crippen LogP contribution in [0.3, 0.4) is 0 Å². The summed E-state index contributed by atoms with van der Waals surface area (Å²) in [7, 11) is 0. The first-order valence-corrected chi connectivity index (χ1v) is 8.09. The van der Waals surface area contributed by atoms with Crippen LogP contribution in [0.15, 0.2) is 0 Å². The SMILES string of the molecule is CCN(CC(=O)NC(C)(C#N)C(C)C)CC1CCCCN1. The number of likely N-dealkylation sites (N-methyl/N-ethyl adjacent to an activating group) is 1. The van der Waals surface area contributed by atoms with Crippen LogP contribution in [0.4, 0.5) is 0 Å². The number of hydrogen-bond donors (Lipinski definition) is 2. The number of piperidine rings is 1. The largest absolute Gasteiger partial charge is 0.337 e. The van der Waals surface area contributed by atoms with Gasteiger partial charge in [-0.15, -0.1) is 0 Å². The summed E-state index contributed by atoms with van der Waals surface area (Å²) in [4.78, 5) is 14.4. The number of nitrogens with zero attached hydrogens (tertiary/aromatic N) is 2. The predicted octanol–water partition coefficient (Wildman–Crippen LogP) is 1.50. The van der Waals surface area contributed by atoms with E-state index in [-0.39, 0.29) is 11.8 Å². The van der Waals surface area contributed by atoms with Gasteiger partial charge in [0.1, 0.15) is 5.54 Å². The minimum absolute atomic E-state index is 0.0644. The van der Waals surface area contributed by atoms with E-state index in [1.165, 1.54) is 19.3 Å². The number of carbonyl (C=O) groups is 1. The fourth-order valence-corrected chi connectivity index (χ4v) is 2.53. The topological polar surface area (TPSA) is 68.2 Å². The van der Waals surface area contributed by atoms with Crippen molar-refractivity contribution >= 4 is 5.91 Å². The van der Waals surface area contributed by atoms with Crippen molar-refractivity contribution in [2.24, 2.45) is 5.92 Å². The van der Waals surface area contributed by atoms with E-state index in [4.69, 9.17) is 0 Å². The van der Waals surface area contributed by atoms with E-state index in [9.17, 15) is 10.1 Å². The number of amides is 1. The maximum Gasteiger partial charge on any atom is 0.235 e. The zero-order valence-electron chi connectivity index (χ0n) is 13.9. The van der Waals surface area contributed by atoms with Crippen LogP contribution < -0.4 is 10.6 Å². The second-order valence-corrected chi connectivity index (χ2v) is 6.49. The summed E-state index contributed by atoms with van der Waals surface area (Å²) >= 11 is 0. The van der Waals surface area contributed by atoms with Gasteiger partial charge < -0.3 is 10.6 Å². The van der Waals surface area contributed by atoms with E-state index in [0.717, 1.165) is 19.6 Å². The van der Waals surface area contributed by atoms with E-state index < -0.39 is 5.54 Å². The van der Waals surface area contributed by atoms with Crippen molar-refractivity contribution in [1.29, 1.82) is 5.26 Å². The van der Waals surface area contributed by atoms with Crippen molar-refractivity contribution in [2.75, 3.05) is 26.2 Å². The van der Waals surface area contributed by atoms with Crippen LogP contribution in [0.5, 0.6) is 0 Å². The number of nitrogens with one attached hydrogen (secondary N) is 2. The summed E-state index contributed by atoms with van der Waals surface area (Å²) < 4.78 is 0. The third-order valence-corrected chi connectivity index (χ3v) is 4.49. The van der Waals surface area contributed by atoms with Crippen molar-refractivity contribution in [3.63, 3.8) is 0 Å². The number of carbonyl (C=O) groups excluding carboxylic acids is 1. The van der Waals surface area contributed by atoms with Crippen molar-refractivity contribution in [2.45, 2.75) is 58.5 Å². The lowest BCUT2D eigenvalue weighted by Crippen LogP contribution is -2.53. The second-order valence-electron chi connectivity index (χ2n) is 6.49. The Labute approximate surface area is 129 Å². The Balaban J connectivity index is 2.48. The molecule has 1 rings (SSSR count). The average molecular weight is 294 g/mol. The first kappa shape index (κ1) is 17.9. The molecule has 21 heavy (non-hydrogen) atoms. The highest BCUT2D eigenvalue weighted by Gasteiger charge is 2.30. The van der Waals surface area contributed by atoms with Crippen molar-refractivity contribution in [1.82, 2.24) is 15.5 Å². The van der Waals surface area contributed by atoms with Crippen LogP contribution in [0, 0.1) is 17.2 Å². The smallest absolute Gasteiger partial charge is 0.235 e. The van der Waals surface area contributed by atoms with Gasteiger partial charge in [-0.3, -0.25) is 9.69 Å². The molecule has 0 aliphatic carbocycles. The first-order valence-electron chi connectivity index (χ1n) is 8.09. The van der Waals surface area contributed by atoms with E-state index in [2.05, 4.69) is 28.5 Å². The highest BCUT2D eigenvalue weighted by atomic mass is 16.2. The van der Waals surface area contributed by atoms with Gasteiger partial charge in [-0.1, -0.05) is 27.2 Å². The molecule has 0 saturated carbocycles. The van der Waals surface area contributed by atoms with Gasteiger partial charge >= 0.3 is 0 Å². The lowest BCUT2D eigenvalue weighted by Gasteiger charge is -2.31. The van der Waals surface area contributed by atoms with Gasteiger partial charge in [0.05, 0.1) is 12.6 Å². The molecule has 5 heteroatoms. The molecule has 1 aliphatic heterocycles. The molecule has 1 saturated heterocycles. The van der Waals surface area contributed by atoms with Gasteiger partial charge in [0, 0.05) is 12.6 Å². The minimum atomic E-state index is -0.792. The zero-order chi connectivity index (χ0) is 15.9. The molecule has 2 unspecified atom stereocenters. The molecular weight excluding hydrogens is 264 g/mol. The Morgan fingerprint density at radius 1 is 1.52 bits per heavy atom. The maximum absolute atomic E-state index is 12.2.